The second-order valence-corrected chi connectivity index (χ2v) is 6.28. The Kier molecular flexibility index (Phi) is 5.69. The molecule has 2 aromatic rings. The number of carbonyl (C=O) groups excluding carboxylic acids is 1. The van der Waals surface area contributed by atoms with E-state index in [1.54, 1.807) is 43.0 Å². The third kappa shape index (κ3) is 4.39. The zero-order valence-electron chi connectivity index (χ0n) is 13.8. The Balaban J connectivity index is 2.01. The maximum absolute atomic E-state index is 12.9. The van der Waals surface area contributed by atoms with Gasteiger partial charge in [-0.3, -0.25) is 4.79 Å². The number of rotatable bonds is 7. The molecule has 0 radical (unpaired) electrons. The molecule has 0 spiro atoms. The van der Waals surface area contributed by atoms with Gasteiger partial charge in [0.05, 0.1) is 31.0 Å². The van der Waals surface area contributed by atoms with Crippen LogP contribution in [0.25, 0.3) is 5.69 Å². The van der Waals surface area contributed by atoms with E-state index in [2.05, 4.69) is 5.10 Å². The Bertz CT molecular complexity index is 681. The fourth-order valence-electron chi connectivity index (χ4n) is 2.29. The molecule has 1 aromatic heterocycles. The zero-order chi connectivity index (χ0) is 17.7. The number of halogens is 1. The summed E-state index contributed by atoms with van der Waals surface area (Å²) in [4.78, 5) is 13.8. The van der Waals surface area contributed by atoms with Crippen molar-refractivity contribution in [2.45, 2.75) is 13.3 Å². The van der Waals surface area contributed by atoms with Crippen molar-refractivity contribution in [1.82, 2.24) is 14.7 Å². The van der Waals surface area contributed by atoms with Crippen LogP contribution < -0.4 is 0 Å². The lowest BCUT2D eigenvalue weighted by Crippen LogP contribution is -2.42. The smallest absolute Gasteiger partial charge is 0.228 e. The van der Waals surface area contributed by atoms with E-state index < -0.39 is 5.41 Å². The standard InChI is InChI=1S/C17H22FN3O3/c1-17(11-22,12-23)10-20(2)16(24)9-14-7-8-21(19-14)15-5-3-13(18)4-6-15/h3-8,22-23H,9-12H2,1-2H3. The van der Waals surface area contributed by atoms with E-state index in [9.17, 15) is 19.4 Å². The molecule has 0 fully saturated rings. The van der Waals surface area contributed by atoms with Crippen molar-refractivity contribution in [3.05, 3.63) is 48.0 Å². The van der Waals surface area contributed by atoms with Crippen molar-refractivity contribution in [3.8, 4) is 5.69 Å². The summed E-state index contributed by atoms with van der Waals surface area (Å²) in [5, 5.41) is 22.9. The van der Waals surface area contributed by atoms with Crippen molar-refractivity contribution >= 4 is 5.91 Å². The van der Waals surface area contributed by atoms with Gasteiger partial charge < -0.3 is 15.1 Å². The summed E-state index contributed by atoms with van der Waals surface area (Å²) < 4.78 is 14.5. The Morgan fingerprint density at radius 3 is 2.46 bits per heavy atom. The molecule has 2 rings (SSSR count). The number of aliphatic hydroxyl groups is 2. The van der Waals surface area contributed by atoms with E-state index in [4.69, 9.17) is 0 Å². The first-order valence-electron chi connectivity index (χ1n) is 7.63. The lowest BCUT2D eigenvalue weighted by molar-refractivity contribution is -0.131. The number of aromatic nitrogens is 2. The van der Waals surface area contributed by atoms with E-state index >= 15 is 0 Å². The first kappa shape index (κ1) is 18.1. The molecule has 1 amide bonds. The van der Waals surface area contributed by atoms with Crippen molar-refractivity contribution in [2.24, 2.45) is 5.41 Å². The Morgan fingerprint density at radius 1 is 1.25 bits per heavy atom. The minimum absolute atomic E-state index is 0.109. The number of aliphatic hydroxyl groups excluding tert-OH is 2. The van der Waals surface area contributed by atoms with Gasteiger partial charge >= 0.3 is 0 Å². The first-order valence-corrected chi connectivity index (χ1v) is 7.63. The highest BCUT2D eigenvalue weighted by atomic mass is 19.1. The van der Waals surface area contributed by atoms with Crippen LogP contribution in [0, 0.1) is 11.2 Å². The van der Waals surface area contributed by atoms with E-state index in [0.29, 0.717) is 11.4 Å². The summed E-state index contributed by atoms with van der Waals surface area (Å²) in [5.74, 6) is -0.480. The molecule has 0 saturated carbocycles. The van der Waals surface area contributed by atoms with Gasteiger partial charge in [-0.15, -0.1) is 0 Å². The predicted molar refractivity (Wildman–Crippen MR) is 87.1 cm³/mol. The minimum atomic E-state index is -0.738. The highest BCUT2D eigenvalue weighted by Gasteiger charge is 2.26. The molecular weight excluding hydrogens is 313 g/mol. The molecule has 2 N–H and O–H groups in total. The number of hydrogen-bond acceptors (Lipinski definition) is 4. The Labute approximate surface area is 140 Å². The largest absolute Gasteiger partial charge is 0.396 e. The second-order valence-electron chi connectivity index (χ2n) is 6.28. The summed E-state index contributed by atoms with van der Waals surface area (Å²) in [7, 11) is 1.63. The highest BCUT2D eigenvalue weighted by molar-refractivity contribution is 5.78. The molecule has 7 heteroatoms. The predicted octanol–water partition coefficient (Wildman–Crippen LogP) is 1.00. The van der Waals surface area contributed by atoms with Crippen molar-refractivity contribution in [2.75, 3.05) is 26.8 Å². The fraction of sp³-hybridized carbons (Fsp3) is 0.412. The zero-order valence-corrected chi connectivity index (χ0v) is 13.8. The number of amides is 1. The molecule has 130 valence electrons. The Hall–Kier alpha value is -2.25. The van der Waals surface area contributed by atoms with Gasteiger partial charge in [0, 0.05) is 25.2 Å². The second kappa shape index (κ2) is 7.55. The third-order valence-corrected chi connectivity index (χ3v) is 3.88. The summed E-state index contributed by atoms with van der Waals surface area (Å²) in [5.41, 5.74) is 0.556. The first-order chi connectivity index (χ1) is 11.4. The molecule has 0 aliphatic rings. The van der Waals surface area contributed by atoms with Gasteiger partial charge in [0.2, 0.25) is 5.91 Å². The quantitative estimate of drug-likeness (QED) is 0.791. The van der Waals surface area contributed by atoms with Gasteiger partial charge in [0.1, 0.15) is 5.82 Å². The van der Waals surface area contributed by atoms with E-state index in [1.807, 2.05) is 0 Å². The van der Waals surface area contributed by atoms with Gasteiger partial charge in [-0.25, -0.2) is 9.07 Å². The molecule has 0 aliphatic carbocycles. The average molecular weight is 335 g/mol. The molecule has 0 bridgehead atoms. The van der Waals surface area contributed by atoms with E-state index in [1.165, 1.54) is 17.0 Å². The van der Waals surface area contributed by atoms with Gasteiger partial charge in [-0.2, -0.15) is 5.10 Å². The van der Waals surface area contributed by atoms with Crippen LogP contribution in [0.5, 0.6) is 0 Å². The van der Waals surface area contributed by atoms with Crippen LogP contribution in [0.4, 0.5) is 4.39 Å². The Morgan fingerprint density at radius 2 is 1.88 bits per heavy atom. The van der Waals surface area contributed by atoms with Crippen LogP contribution in [-0.2, 0) is 11.2 Å². The topological polar surface area (TPSA) is 78.6 Å². The maximum atomic E-state index is 12.9. The molecule has 0 unspecified atom stereocenters. The van der Waals surface area contributed by atoms with Crippen LogP contribution in [0.3, 0.4) is 0 Å². The van der Waals surface area contributed by atoms with E-state index in [0.717, 1.165) is 0 Å². The maximum Gasteiger partial charge on any atom is 0.228 e. The summed E-state index contributed by atoms with van der Waals surface area (Å²) in [6.07, 6.45) is 1.82. The van der Waals surface area contributed by atoms with Gasteiger partial charge in [-0.1, -0.05) is 6.92 Å². The summed E-state index contributed by atoms with van der Waals surface area (Å²) in [6.45, 7) is 1.54. The molecule has 1 aromatic carbocycles. The van der Waals surface area contributed by atoms with Crippen molar-refractivity contribution < 1.29 is 19.4 Å². The number of likely N-dealkylation sites (N-methyl/N-ethyl adjacent to an activating group) is 1. The van der Waals surface area contributed by atoms with Crippen LogP contribution in [0.2, 0.25) is 0 Å². The summed E-state index contributed by atoms with van der Waals surface area (Å²) >= 11 is 0. The van der Waals surface area contributed by atoms with Gasteiger partial charge in [-0.05, 0) is 30.3 Å². The molecule has 6 nitrogen and oxygen atoms in total. The van der Waals surface area contributed by atoms with Crippen LogP contribution in [0.1, 0.15) is 12.6 Å². The number of carbonyl (C=O) groups is 1. The normalized spacial score (nSPS) is 11.5. The fourth-order valence-corrected chi connectivity index (χ4v) is 2.29. The lowest BCUT2D eigenvalue weighted by atomic mass is 9.92. The van der Waals surface area contributed by atoms with Crippen LogP contribution >= 0.6 is 0 Å². The third-order valence-electron chi connectivity index (χ3n) is 3.88. The molecule has 24 heavy (non-hydrogen) atoms. The van der Waals surface area contributed by atoms with E-state index in [-0.39, 0.29) is 37.9 Å². The minimum Gasteiger partial charge on any atom is -0.396 e. The van der Waals surface area contributed by atoms with Gasteiger partial charge in [0.25, 0.3) is 0 Å². The number of hydrogen-bond donors (Lipinski definition) is 2. The molecular formula is C17H22FN3O3. The molecule has 0 saturated heterocycles. The molecule has 0 aliphatic heterocycles. The monoisotopic (exact) mass is 335 g/mol. The van der Waals surface area contributed by atoms with Gasteiger partial charge in [0.15, 0.2) is 0 Å². The SMILES string of the molecule is CN(CC(C)(CO)CO)C(=O)Cc1ccn(-c2ccc(F)cc2)n1. The number of benzene rings is 1. The van der Waals surface area contributed by atoms with Crippen molar-refractivity contribution in [1.29, 1.82) is 0 Å². The molecule has 1 heterocycles. The number of nitrogens with zero attached hydrogens (tertiary/aromatic N) is 3. The lowest BCUT2D eigenvalue weighted by Gasteiger charge is -2.30. The molecule has 0 atom stereocenters. The van der Waals surface area contributed by atoms with Crippen LogP contribution in [-0.4, -0.2) is 57.6 Å². The van der Waals surface area contributed by atoms with Crippen LogP contribution in [0.15, 0.2) is 36.5 Å². The highest BCUT2D eigenvalue weighted by Crippen LogP contribution is 2.16. The summed E-state index contributed by atoms with van der Waals surface area (Å²) in [6, 6.07) is 7.63. The van der Waals surface area contributed by atoms with Crippen molar-refractivity contribution in [3.63, 3.8) is 0 Å². The average Bonchev–Trinajstić information content (AvgIpc) is 3.03.